The minimum Gasteiger partial charge on any atom is -0.344 e. The molecule has 24 heavy (non-hydrogen) atoms. The Bertz CT molecular complexity index is 761. The SMILES string of the molecule is Cc1ccc(C(=O)N2CCN(C)[C@H](c3nc(C4CC4)no3)C2)n1C. The van der Waals surface area contributed by atoms with E-state index in [0.717, 1.165) is 36.6 Å². The highest BCUT2D eigenvalue weighted by Crippen LogP contribution is 2.38. The number of carbonyl (C=O) groups is 1. The topological polar surface area (TPSA) is 67.4 Å². The summed E-state index contributed by atoms with van der Waals surface area (Å²) in [6.07, 6.45) is 2.30. The highest BCUT2D eigenvalue weighted by atomic mass is 16.5. The summed E-state index contributed by atoms with van der Waals surface area (Å²) in [4.78, 5) is 21.5. The molecule has 7 nitrogen and oxygen atoms in total. The maximum atomic E-state index is 12.9. The van der Waals surface area contributed by atoms with Crippen molar-refractivity contribution in [1.82, 2.24) is 24.5 Å². The summed E-state index contributed by atoms with van der Waals surface area (Å²) in [5.41, 5.74) is 1.80. The second-order valence-corrected chi connectivity index (χ2v) is 6.93. The van der Waals surface area contributed by atoms with Crippen LogP contribution in [-0.4, -0.2) is 57.1 Å². The Morgan fingerprint density at radius 2 is 2.04 bits per heavy atom. The zero-order chi connectivity index (χ0) is 16.8. The fourth-order valence-electron chi connectivity index (χ4n) is 3.20. The lowest BCUT2D eigenvalue weighted by atomic mass is 10.1. The molecule has 0 unspecified atom stereocenters. The van der Waals surface area contributed by atoms with Crippen molar-refractivity contribution in [3.8, 4) is 0 Å². The van der Waals surface area contributed by atoms with Gasteiger partial charge in [-0.1, -0.05) is 5.16 Å². The Kier molecular flexibility index (Phi) is 3.68. The third-order valence-electron chi connectivity index (χ3n) is 5.21. The molecule has 1 saturated heterocycles. The maximum absolute atomic E-state index is 12.9. The van der Waals surface area contributed by atoms with Gasteiger partial charge in [0.05, 0.1) is 0 Å². The monoisotopic (exact) mass is 329 g/mol. The molecule has 128 valence electrons. The molecule has 0 N–H and O–H groups in total. The lowest BCUT2D eigenvalue weighted by molar-refractivity contribution is 0.0480. The number of aromatic nitrogens is 3. The third kappa shape index (κ3) is 2.62. The molecule has 4 rings (SSSR count). The highest BCUT2D eigenvalue weighted by Gasteiger charge is 2.35. The predicted octanol–water partition coefficient (Wildman–Crippen LogP) is 1.72. The molecule has 2 aromatic heterocycles. The number of nitrogens with zero attached hydrogens (tertiary/aromatic N) is 5. The van der Waals surface area contributed by atoms with Gasteiger partial charge in [-0.3, -0.25) is 9.69 Å². The van der Waals surface area contributed by atoms with Gasteiger partial charge in [-0.15, -0.1) is 0 Å². The first-order valence-corrected chi connectivity index (χ1v) is 8.50. The summed E-state index contributed by atoms with van der Waals surface area (Å²) < 4.78 is 7.43. The van der Waals surface area contributed by atoms with Gasteiger partial charge < -0.3 is 14.0 Å². The Morgan fingerprint density at radius 1 is 1.25 bits per heavy atom. The molecule has 0 aromatic carbocycles. The first kappa shape index (κ1) is 15.4. The third-order valence-corrected chi connectivity index (χ3v) is 5.21. The molecule has 0 spiro atoms. The van der Waals surface area contributed by atoms with Gasteiger partial charge in [0, 0.05) is 38.3 Å². The molecular weight excluding hydrogens is 306 g/mol. The maximum Gasteiger partial charge on any atom is 0.270 e. The smallest absolute Gasteiger partial charge is 0.270 e. The average Bonchev–Trinajstić information content (AvgIpc) is 3.22. The van der Waals surface area contributed by atoms with E-state index in [2.05, 4.69) is 15.0 Å². The molecule has 1 amide bonds. The van der Waals surface area contributed by atoms with Crippen LogP contribution < -0.4 is 0 Å². The highest BCUT2D eigenvalue weighted by molar-refractivity contribution is 5.93. The number of hydrogen-bond acceptors (Lipinski definition) is 5. The van der Waals surface area contributed by atoms with Gasteiger partial charge in [0.15, 0.2) is 5.82 Å². The van der Waals surface area contributed by atoms with E-state index in [0.29, 0.717) is 24.9 Å². The van der Waals surface area contributed by atoms with Crippen LogP contribution in [0.2, 0.25) is 0 Å². The van der Waals surface area contributed by atoms with Crippen LogP contribution in [0.15, 0.2) is 16.7 Å². The predicted molar refractivity (Wildman–Crippen MR) is 87.7 cm³/mol. The summed E-state index contributed by atoms with van der Waals surface area (Å²) in [5.74, 6) is 1.98. The molecule has 3 heterocycles. The molecule has 1 aliphatic heterocycles. The van der Waals surface area contributed by atoms with E-state index < -0.39 is 0 Å². The van der Waals surface area contributed by atoms with Crippen molar-refractivity contribution in [2.75, 3.05) is 26.7 Å². The molecule has 1 atom stereocenters. The van der Waals surface area contributed by atoms with Gasteiger partial charge in [0.25, 0.3) is 5.91 Å². The lowest BCUT2D eigenvalue weighted by Crippen LogP contribution is -2.49. The number of likely N-dealkylation sites (N-methyl/N-ethyl adjacent to an activating group) is 1. The Hall–Kier alpha value is -2.15. The van der Waals surface area contributed by atoms with Crippen LogP contribution in [0, 0.1) is 6.92 Å². The first-order valence-electron chi connectivity index (χ1n) is 8.50. The van der Waals surface area contributed by atoms with E-state index in [9.17, 15) is 4.79 Å². The van der Waals surface area contributed by atoms with Gasteiger partial charge >= 0.3 is 0 Å². The Labute approximate surface area is 141 Å². The van der Waals surface area contributed by atoms with Gasteiger partial charge in [-0.2, -0.15) is 4.98 Å². The van der Waals surface area contributed by atoms with Crippen LogP contribution in [0.25, 0.3) is 0 Å². The molecule has 2 aliphatic rings. The Morgan fingerprint density at radius 3 is 2.71 bits per heavy atom. The van der Waals surface area contributed by atoms with Crippen LogP contribution in [0.3, 0.4) is 0 Å². The summed E-state index contributed by atoms with van der Waals surface area (Å²) in [6, 6.07) is 3.83. The van der Waals surface area contributed by atoms with Crippen molar-refractivity contribution in [2.24, 2.45) is 7.05 Å². The van der Waals surface area contributed by atoms with E-state index >= 15 is 0 Å². The van der Waals surface area contributed by atoms with E-state index in [1.807, 2.05) is 42.6 Å². The van der Waals surface area contributed by atoms with Gasteiger partial charge in [0.2, 0.25) is 5.89 Å². The van der Waals surface area contributed by atoms with Gasteiger partial charge in [-0.25, -0.2) is 0 Å². The number of carbonyl (C=O) groups excluding carboxylic acids is 1. The fraction of sp³-hybridized carbons (Fsp3) is 0.588. The lowest BCUT2D eigenvalue weighted by Gasteiger charge is -2.37. The van der Waals surface area contributed by atoms with E-state index in [1.165, 1.54) is 0 Å². The van der Waals surface area contributed by atoms with Crippen molar-refractivity contribution in [1.29, 1.82) is 0 Å². The average molecular weight is 329 g/mol. The minimum atomic E-state index is -0.0379. The summed E-state index contributed by atoms with van der Waals surface area (Å²) in [6.45, 7) is 4.08. The largest absolute Gasteiger partial charge is 0.344 e. The Balaban J connectivity index is 1.53. The zero-order valence-electron chi connectivity index (χ0n) is 14.4. The number of aryl methyl sites for hydroxylation is 1. The standard InChI is InChI=1S/C17H23N5O2/c1-11-4-7-13(21(11)3)17(23)22-9-8-20(2)14(10-22)16-18-15(19-24-16)12-5-6-12/h4,7,12,14H,5-6,8-10H2,1-3H3/t14-/m0/s1. The second-order valence-electron chi connectivity index (χ2n) is 6.93. The number of piperazine rings is 1. The number of hydrogen-bond donors (Lipinski definition) is 0. The zero-order valence-corrected chi connectivity index (χ0v) is 14.4. The number of rotatable bonds is 3. The van der Waals surface area contributed by atoms with E-state index in [1.54, 1.807) is 0 Å². The van der Waals surface area contributed by atoms with Crippen LogP contribution >= 0.6 is 0 Å². The molecule has 2 aromatic rings. The van der Waals surface area contributed by atoms with E-state index in [-0.39, 0.29) is 11.9 Å². The summed E-state index contributed by atoms with van der Waals surface area (Å²) >= 11 is 0. The first-order chi connectivity index (χ1) is 11.5. The van der Waals surface area contributed by atoms with E-state index in [4.69, 9.17) is 4.52 Å². The molecule has 0 bridgehead atoms. The molecule has 2 fully saturated rings. The van der Waals surface area contributed by atoms with Crippen molar-refractivity contribution in [3.63, 3.8) is 0 Å². The van der Waals surface area contributed by atoms with Crippen LogP contribution in [0.1, 0.15) is 52.7 Å². The van der Waals surface area contributed by atoms with Crippen molar-refractivity contribution < 1.29 is 9.32 Å². The van der Waals surface area contributed by atoms with Gasteiger partial charge in [-0.05, 0) is 38.9 Å². The quantitative estimate of drug-likeness (QED) is 0.858. The van der Waals surface area contributed by atoms with Crippen molar-refractivity contribution in [2.45, 2.75) is 31.7 Å². The van der Waals surface area contributed by atoms with Gasteiger partial charge in [0.1, 0.15) is 11.7 Å². The normalized spacial score (nSPS) is 22.1. The second kappa shape index (κ2) is 5.73. The fourth-order valence-corrected chi connectivity index (χ4v) is 3.20. The molecule has 1 aliphatic carbocycles. The molecule has 0 radical (unpaired) electrons. The molecule has 1 saturated carbocycles. The summed E-state index contributed by atoms with van der Waals surface area (Å²) in [5, 5.41) is 4.11. The number of amides is 1. The van der Waals surface area contributed by atoms with Crippen LogP contribution in [0.4, 0.5) is 0 Å². The minimum absolute atomic E-state index is 0.0379. The van der Waals surface area contributed by atoms with Crippen LogP contribution in [-0.2, 0) is 7.05 Å². The molecule has 7 heteroatoms. The van der Waals surface area contributed by atoms with Crippen molar-refractivity contribution >= 4 is 5.91 Å². The van der Waals surface area contributed by atoms with Crippen LogP contribution in [0.5, 0.6) is 0 Å². The summed E-state index contributed by atoms with van der Waals surface area (Å²) in [7, 11) is 3.97. The molecular formula is C17H23N5O2. The van der Waals surface area contributed by atoms with Crippen molar-refractivity contribution in [3.05, 3.63) is 35.2 Å².